The molecule has 59 heavy (non-hydrogen) atoms. The van der Waals surface area contributed by atoms with Gasteiger partial charge >= 0.3 is 6.03 Å². The number of pyridine rings is 1. The van der Waals surface area contributed by atoms with Crippen LogP contribution in [0.1, 0.15) is 53.0 Å². The summed E-state index contributed by atoms with van der Waals surface area (Å²) >= 11 is 0. The number of nitrogens with one attached hydrogen (secondary N) is 3. The van der Waals surface area contributed by atoms with Crippen molar-refractivity contribution >= 4 is 58.6 Å². The standard InChI is InChI=1S/C39H49FN14O5/c1-49-13-18-54(39(49)59)27-3-2-11-53(23-27)38-46-35(33(34(41)56)47-48-38)43-26-5-7-30(28(40)19-26)51-16-14-50(15-17-51)21-24-10-12-52(22-24)31-8-4-25(20-42-31)36(57)44-29-6-9-32(55)45-37(29)58/h4-5,7-8,19-20,24,27,29H,2-3,6,9-18,21-23H2,1H3,(H2,41,56)(H,44,57)(H,43,46,48)(H,45,55,58)/t24?,27-,29?/m1/s1. The van der Waals surface area contributed by atoms with Crippen molar-refractivity contribution in [2.75, 3.05) is 99.1 Å². The van der Waals surface area contributed by atoms with Crippen molar-refractivity contribution in [2.45, 2.75) is 44.2 Å². The summed E-state index contributed by atoms with van der Waals surface area (Å²) in [4.78, 5) is 82.4. The number of rotatable bonds is 11. The number of imide groups is 1. The fraction of sp³-hybridized carbons (Fsp3) is 0.513. The molecule has 2 unspecified atom stereocenters. The number of amides is 6. The summed E-state index contributed by atoms with van der Waals surface area (Å²) in [5.41, 5.74) is 6.67. The quantitative estimate of drug-likeness (QED) is 0.197. The van der Waals surface area contributed by atoms with Crippen LogP contribution >= 0.6 is 0 Å². The highest BCUT2D eigenvalue weighted by Crippen LogP contribution is 2.29. The maximum absolute atomic E-state index is 15.7. The number of hydrogen-bond donors (Lipinski definition) is 4. The summed E-state index contributed by atoms with van der Waals surface area (Å²) < 4.78 is 15.7. The fourth-order valence-corrected chi connectivity index (χ4v) is 8.59. The van der Waals surface area contributed by atoms with Crippen molar-refractivity contribution in [3.8, 4) is 0 Å². The molecular formula is C39H49FN14O5. The highest BCUT2D eigenvalue weighted by Gasteiger charge is 2.35. The van der Waals surface area contributed by atoms with Crippen LogP contribution in [0.15, 0.2) is 36.5 Å². The number of aromatic nitrogens is 4. The molecule has 3 atom stereocenters. The Labute approximate surface area is 340 Å². The summed E-state index contributed by atoms with van der Waals surface area (Å²) in [6, 6.07) is 7.61. The van der Waals surface area contributed by atoms with E-state index in [0.29, 0.717) is 68.1 Å². The van der Waals surface area contributed by atoms with Crippen LogP contribution < -0.4 is 36.4 Å². The van der Waals surface area contributed by atoms with Gasteiger partial charge in [0.2, 0.25) is 17.8 Å². The van der Waals surface area contributed by atoms with Crippen molar-refractivity contribution in [3.05, 3.63) is 53.6 Å². The first kappa shape index (κ1) is 39.6. The molecule has 0 aliphatic carbocycles. The topological polar surface area (TPSA) is 218 Å². The number of urea groups is 1. The lowest BCUT2D eigenvalue weighted by molar-refractivity contribution is -0.134. The molecule has 20 heteroatoms. The van der Waals surface area contributed by atoms with Crippen molar-refractivity contribution in [2.24, 2.45) is 11.7 Å². The van der Waals surface area contributed by atoms with Crippen LogP contribution in [0.5, 0.6) is 0 Å². The fourth-order valence-electron chi connectivity index (χ4n) is 8.59. The third kappa shape index (κ3) is 8.81. The van der Waals surface area contributed by atoms with E-state index in [1.54, 1.807) is 30.1 Å². The molecule has 1 aromatic carbocycles. The highest BCUT2D eigenvalue weighted by molar-refractivity contribution is 6.03. The van der Waals surface area contributed by atoms with Gasteiger partial charge in [-0.15, -0.1) is 10.2 Å². The maximum Gasteiger partial charge on any atom is 0.320 e. The minimum Gasteiger partial charge on any atom is -0.367 e. The third-order valence-electron chi connectivity index (χ3n) is 11.9. The van der Waals surface area contributed by atoms with E-state index in [9.17, 15) is 24.0 Å². The highest BCUT2D eigenvalue weighted by atomic mass is 19.1. The van der Waals surface area contributed by atoms with Gasteiger partial charge in [0.05, 0.1) is 17.3 Å². The molecule has 5 aliphatic rings. The largest absolute Gasteiger partial charge is 0.367 e. The second-order valence-corrected chi connectivity index (χ2v) is 15.9. The number of hydrogen-bond acceptors (Lipinski definition) is 14. The maximum atomic E-state index is 15.7. The van der Waals surface area contributed by atoms with Crippen LogP contribution in [-0.4, -0.2) is 156 Å². The lowest BCUT2D eigenvalue weighted by atomic mass is 10.0. The Morgan fingerprint density at radius 3 is 2.46 bits per heavy atom. The van der Waals surface area contributed by atoms with Gasteiger partial charge in [-0.05, 0) is 61.9 Å². The molecule has 6 amide bonds. The second-order valence-electron chi connectivity index (χ2n) is 15.9. The molecule has 8 rings (SSSR count). The SMILES string of the molecule is CN1CCN([C@@H]2CCCN(c3nnc(C(N)=O)c(Nc4ccc(N5CCN(CC6CCN(c7ccc(C(=O)NC8CCC(=O)NC8=O)cn7)C6)CC5)c(F)c4)n3)C2)C1=O. The number of carbonyl (C=O) groups is 5. The zero-order valence-electron chi connectivity index (χ0n) is 33.0. The predicted molar refractivity (Wildman–Crippen MR) is 215 cm³/mol. The Hall–Kier alpha value is -6.18. The van der Waals surface area contributed by atoms with Gasteiger partial charge in [0.15, 0.2) is 11.5 Å². The normalized spacial score (nSPS) is 22.8. The first-order chi connectivity index (χ1) is 28.5. The van der Waals surface area contributed by atoms with E-state index in [1.807, 2.05) is 20.8 Å². The molecule has 0 saturated carbocycles. The molecule has 312 valence electrons. The Bertz CT molecular complexity index is 2100. The van der Waals surface area contributed by atoms with Crippen LogP contribution in [0.25, 0.3) is 0 Å². The van der Waals surface area contributed by atoms with Crippen LogP contribution in [0.3, 0.4) is 0 Å². The second kappa shape index (κ2) is 17.0. The van der Waals surface area contributed by atoms with E-state index < -0.39 is 29.6 Å². The monoisotopic (exact) mass is 812 g/mol. The van der Waals surface area contributed by atoms with Crippen LogP contribution in [0.2, 0.25) is 0 Å². The average molecular weight is 813 g/mol. The summed E-state index contributed by atoms with van der Waals surface area (Å²) in [6.07, 6.45) is 4.66. The Kier molecular flexibility index (Phi) is 11.4. The van der Waals surface area contributed by atoms with Gasteiger partial charge in [-0.2, -0.15) is 4.98 Å². The van der Waals surface area contributed by atoms with Crippen molar-refractivity contribution in [3.63, 3.8) is 0 Å². The van der Waals surface area contributed by atoms with E-state index in [1.165, 1.54) is 12.3 Å². The summed E-state index contributed by atoms with van der Waals surface area (Å²) in [5.74, 6) is -0.891. The van der Waals surface area contributed by atoms with Gasteiger partial charge in [0.25, 0.3) is 11.8 Å². The Balaban J connectivity index is 0.823. The van der Waals surface area contributed by atoms with Gasteiger partial charge in [0, 0.05) is 97.3 Å². The summed E-state index contributed by atoms with van der Waals surface area (Å²) in [5, 5.41) is 16.2. The number of nitrogens with two attached hydrogens (primary N) is 1. The molecule has 0 spiro atoms. The number of likely N-dealkylation sites (N-methyl/N-ethyl adjacent to an activating group) is 1. The van der Waals surface area contributed by atoms with Gasteiger partial charge < -0.3 is 40.9 Å². The summed E-state index contributed by atoms with van der Waals surface area (Å²) in [6.45, 7) is 7.99. The number of piperidine rings is 2. The van der Waals surface area contributed by atoms with E-state index in [2.05, 4.69) is 45.9 Å². The molecule has 5 aliphatic heterocycles. The number of primary amides is 1. The van der Waals surface area contributed by atoms with E-state index >= 15 is 4.39 Å². The minimum atomic E-state index is -0.817. The lowest BCUT2D eigenvalue weighted by Crippen LogP contribution is -2.52. The molecule has 0 radical (unpaired) electrons. The number of anilines is 5. The molecule has 3 aromatic rings. The molecule has 5 fully saturated rings. The molecule has 2 aromatic heterocycles. The minimum absolute atomic E-state index is 0.00133. The van der Waals surface area contributed by atoms with E-state index in [4.69, 9.17) is 5.73 Å². The van der Waals surface area contributed by atoms with Gasteiger partial charge in [-0.1, -0.05) is 0 Å². The molecule has 7 heterocycles. The first-order valence-electron chi connectivity index (χ1n) is 20.2. The number of carbonyl (C=O) groups excluding carboxylic acids is 5. The van der Waals surface area contributed by atoms with Crippen LogP contribution in [0.4, 0.5) is 38.1 Å². The van der Waals surface area contributed by atoms with Crippen LogP contribution in [0, 0.1) is 11.7 Å². The lowest BCUT2D eigenvalue weighted by Gasteiger charge is -2.37. The zero-order valence-corrected chi connectivity index (χ0v) is 33.0. The van der Waals surface area contributed by atoms with Crippen molar-refractivity contribution in [1.29, 1.82) is 0 Å². The van der Waals surface area contributed by atoms with Gasteiger partial charge in [-0.25, -0.2) is 14.2 Å². The molecule has 5 saturated heterocycles. The number of benzene rings is 1. The smallest absolute Gasteiger partial charge is 0.320 e. The number of piperazine rings is 1. The van der Waals surface area contributed by atoms with Gasteiger partial charge in [-0.3, -0.25) is 29.4 Å². The number of halogens is 1. The van der Waals surface area contributed by atoms with Gasteiger partial charge in [0.1, 0.15) is 17.7 Å². The van der Waals surface area contributed by atoms with Crippen LogP contribution in [-0.2, 0) is 9.59 Å². The van der Waals surface area contributed by atoms with Crippen molar-refractivity contribution < 1.29 is 28.4 Å². The van der Waals surface area contributed by atoms with Crippen molar-refractivity contribution in [1.82, 2.24) is 45.5 Å². The molecule has 19 nitrogen and oxygen atoms in total. The Morgan fingerprint density at radius 2 is 1.75 bits per heavy atom. The third-order valence-corrected chi connectivity index (χ3v) is 11.9. The molecule has 0 bridgehead atoms. The Morgan fingerprint density at radius 1 is 0.915 bits per heavy atom. The average Bonchev–Trinajstić information content (AvgIpc) is 3.84. The zero-order chi connectivity index (χ0) is 41.2. The summed E-state index contributed by atoms with van der Waals surface area (Å²) in [7, 11) is 1.79. The van der Waals surface area contributed by atoms with E-state index in [-0.39, 0.29) is 42.3 Å². The number of nitrogens with zero attached hydrogens (tertiary/aromatic N) is 10. The van der Waals surface area contributed by atoms with E-state index in [0.717, 1.165) is 57.8 Å². The predicted octanol–water partition coefficient (Wildman–Crippen LogP) is 0.768. The first-order valence-corrected chi connectivity index (χ1v) is 20.2. The molecular weight excluding hydrogens is 764 g/mol. The molecule has 5 N–H and O–H groups in total.